The molecule has 0 radical (unpaired) electrons. The molecule has 0 heterocycles. The first-order chi connectivity index (χ1) is 7.25. The summed E-state index contributed by atoms with van der Waals surface area (Å²) in [6, 6.07) is 6.72. The van der Waals surface area contributed by atoms with Crippen molar-refractivity contribution in [3.63, 3.8) is 0 Å². The summed E-state index contributed by atoms with van der Waals surface area (Å²) in [5, 5.41) is 0. The lowest BCUT2D eigenvalue weighted by atomic mass is 10.0. The smallest absolute Gasteiger partial charge is 0.217 e. The standard InChI is InChI=1S/C13H17NO/c14-13(15)6-1-3-10-7-8-11-4-2-5-12(11)9-10/h7-9H,1-6H2,(H2,14,15). The van der Waals surface area contributed by atoms with Crippen LogP contribution in [0.3, 0.4) is 0 Å². The summed E-state index contributed by atoms with van der Waals surface area (Å²) in [6.45, 7) is 0. The van der Waals surface area contributed by atoms with E-state index in [1.54, 1.807) is 0 Å². The molecule has 0 spiro atoms. The van der Waals surface area contributed by atoms with Crippen LogP contribution in [0, 0.1) is 0 Å². The van der Waals surface area contributed by atoms with Crippen LogP contribution >= 0.6 is 0 Å². The summed E-state index contributed by atoms with van der Waals surface area (Å²) in [5.41, 5.74) is 9.47. The maximum absolute atomic E-state index is 10.6. The van der Waals surface area contributed by atoms with E-state index < -0.39 is 0 Å². The number of hydrogen-bond acceptors (Lipinski definition) is 1. The second-order valence-corrected chi connectivity index (χ2v) is 4.28. The van der Waals surface area contributed by atoms with Crippen molar-refractivity contribution in [3.8, 4) is 0 Å². The van der Waals surface area contributed by atoms with Gasteiger partial charge in [-0.05, 0) is 48.8 Å². The molecule has 0 saturated carbocycles. The third kappa shape index (κ3) is 2.58. The van der Waals surface area contributed by atoms with Crippen LogP contribution in [0.2, 0.25) is 0 Å². The van der Waals surface area contributed by atoms with Crippen LogP contribution in [-0.4, -0.2) is 5.91 Å². The quantitative estimate of drug-likeness (QED) is 0.799. The summed E-state index contributed by atoms with van der Waals surface area (Å²) < 4.78 is 0. The number of hydrogen-bond donors (Lipinski definition) is 1. The Morgan fingerprint density at radius 3 is 2.87 bits per heavy atom. The van der Waals surface area contributed by atoms with Gasteiger partial charge in [-0.3, -0.25) is 4.79 Å². The van der Waals surface area contributed by atoms with Gasteiger partial charge in [-0.25, -0.2) is 0 Å². The number of carbonyl (C=O) groups excluding carboxylic acids is 1. The van der Waals surface area contributed by atoms with Crippen LogP contribution in [0.4, 0.5) is 0 Å². The Kier molecular flexibility index (Phi) is 3.05. The number of benzene rings is 1. The zero-order valence-electron chi connectivity index (χ0n) is 8.96. The summed E-state index contributed by atoms with van der Waals surface area (Å²) in [6.07, 6.45) is 6.08. The number of aryl methyl sites for hydroxylation is 3. The molecule has 0 fully saturated rings. The van der Waals surface area contributed by atoms with Crippen LogP contribution in [-0.2, 0) is 24.1 Å². The highest BCUT2D eigenvalue weighted by molar-refractivity contribution is 5.73. The van der Waals surface area contributed by atoms with Gasteiger partial charge in [-0.15, -0.1) is 0 Å². The largest absolute Gasteiger partial charge is 0.370 e. The number of nitrogens with two attached hydrogens (primary N) is 1. The van der Waals surface area contributed by atoms with E-state index in [2.05, 4.69) is 18.2 Å². The molecule has 2 heteroatoms. The molecule has 2 nitrogen and oxygen atoms in total. The highest BCUT2D eigenvalue weighted by Crippen LogP contribution is 2.23. The minimum Gasteiger partial charge on any atom is -0.370 e. The fourth-order valence-electron chi connectivity index (χ4n) is 2.25. The van der Waals surface area contributed by atoms with Crippen molar-refractivity contribution in [2.45, 2.75) is 38.5 Å². The second-order valence-electron chi connectivity index (χ2n) is 4.28. The molecule has 0 atom stereocenters. The predicted octanol–water partition coefficient (Wildman–Crippen LogP) is 1.98. The number of primary amides is 1. The molecule has 15 heavy (non-hydrogen) atoms. The van der Waals surface area contributed by atoms with Crippen molar-refractivity contribution >= 4 is 5.91 Å². The Balaban J connectivity index is 1.95. The minimum absolute atomic E-state index is 0.198. The van der Waals surface area contributed by atoms with Crippen molar-refractivity contribution in [2.75, 3.05) is 0 Å². The number of fused-ring (bicyclic) bond motifs is 1. The molecule has 1 aliphatic carbocycles. The summed E-state index contributed by atoms with van der Waals surface area (Å²) in [4.78, 5) is 10.6. The molecule has 0 aliphatic heterocycles. The topological polar surface area (TPSA) is 43.1 Å². The SMILES string of the molecule is NC(=O)CCCc1ccc2c(c1)CCC2. The van der Waals surface area contributed by atoms with E-state index in [1.165, 1.54) is 36.0 Å². The summed E-state index contributed by atoms with van der Waals surface area (Å²) in [5.74, 6) is -0.198. The molecule has 0 bridgehead atoms. The molecule has 1 aromatic rings. The zero-order chi connectivity index (χ0) is 10.7. The molecule has 0 saturated heterocycles. The van der Waals surface area contributed by atoms with Crippen molar-refractivity contribution in [3.05, 3.63) is 34.9 Å². The Labute approximate surface area is 90.5 Å². The molecular weight excluding hydrogens is 186 g/mol. The first-order valence-electron chi connectivity index (χ1n) is 5.65. The molecule has 1 amide bonds. The van der Waals surface area contributed by atoms with Gasteiger partial charge >= 0.3 is 0 Å². The summed E-state index contributed by atoms with van der Waals surface area (Å²) >= 11 is 0. The van der Waals surface area contributed by atoms with Crippen LogP contribution in [0.15, 0.2) is 18.2 Å². The van der Waals surface area contributed by atoms with Gasteiger partial charge in [0, 0.05) is 6.42 Å². The van der Waals surface area contributed by atoms with Crippen LogP contribution in [0.1, 0.15) is 36.0 Å². The molecule has 2 N–H and O–H groups in total. The number of rotatable bonds is 4. The van der Waals surface area contributed by atoms with Crippen molar-refractivity contribution in [1.29, 1.82) is 0 Å². The fourth-order valence-corrected chi connectivity index (χ4v) is 2.25. The van der Waals surface area contributed by atoms with Gasteiger partial charge in [0.2, 0.25) is 5.91 Å². The van der Waals surface area contributed by atoms with Gasteiger partial charge in [0.05, 0.1) is 0 Å². The van der Waals surface area contributed by atoms with Gasteiger partial charge in [-0.1, -0.05) is 18.2 Å². The third-order valence-corrected chi connectivity index (χ3v) is 3.05. The molecule has 0 aromatic heterocycles. The maximum atomic E-state index is 10.6. The highest BCUT2D eigenvalue weighted by Gasteiger charge is 2.10. The Morgan fingerprint density at radius 2 is 2.07 bits per heavy atom. The van der Waals surface area contributed by atoms with Gasteiger partial charge in [0.15, 0.2) is 0 Å². The first-order valence-corrected chi connectivity index (χ1v) is 5.65. The Bertz CT molecular complexity index is 371. The molecule has 0 unspecified atom stereocenters. The van der Waals surface area contributed by atoms with E-state index in [1.807, 2.05) is 0 Å². The number of amides is 1. The van der Waals surface area contributed by atoms with Crippen LogP contribution in [0.25, 0.3) is 0 Å². The lowest BCUT2D eigenvalue weighted by molar-refractivity contribution is -0.118. The molecule has 2 rings (SSSR count). The second kappa shape index (κ2) is 4.47. The molecule has 1 aliphatic rings. The monoisotopic (exact) mass is 203 g/mol. The number of carbonyl (C=O) groups is 1. The highest BCUT2D eigenvalue weighted by atomic mass is 16.1. The average Bonchev–Trinajstić information content (AvgIpc) is 2.64. The lowest BCUT2D eigenvalue weighted by Gasteiger charge is -2.04. The summed E-state index contributed by atoms with van der Waals surface area (Å²) in [7, 11) is 0. The molecule has 1 aromatic carbocycles. The Hall–Kier alpha value is -1.31. The minimum atomic E-state index is -0.198. The van der Waals surface area contributed by atoms with E-state index in [4.69, 9.17) is 5.73 Å². The van der Waals surface area contributed by atoms with Crippen LogP contribution < -0.4 is 5.73 Å². The normalized spacial score (nSPS) is 13.9. The Morgan fingerprint density at radius 1 is 1.27 bits per heavy atom. The van der Waals surface area contributed by atoms with Gasteiger partial charge in [-0.2, -0.15) is 0 Å². The van der Waals surface area contributed by atoms with E-state index in [9.17, 15) is 4.79 Å². The average molecular weight is 203 g/mol. The molecule has 80 valence electrons. The fraction of sp³-hybridized carbons (Fsp3) is 0.462. The van der Waals surface area contributed by atoms with Gasteiger partial charge < -0.3 is 5.73 Å². The first kappa shape index (κ1) is 10.2. The van der Waals surface area contributed by atoms with E-state index in [0.29, 0.717) is 6.42 Å². The lowest BCUT2D eigenvalue weighted by Crippen LogP contribution is -2.10. The van der Waals surface area contributed by atoms with Crippen molar-refractivity contribution < 1.29 is 4.79 Å². The van der Waals surface area contributed by atoms with E-state index in [-0.39, 0.29) is 5.91 Å². The van der Waals surface area contributed by atoms with Crippen molar-refractivity contribution in [2.24, 2.45) is 5.73 Å². The maximum Gasteiger partial charge on any atom is 0.217 e. The van der Waals surface area contributed by atoms with Crippen LogP contribution in [0.5, 0.6) is 0 Å². The van der Waals surface area contributed by atoms with Gasteiger partial charge in [0.25, 0.3) is 0 Å². The predicted molar refractivity (Wildman–Crippen MR) is 60.6 cm³/mol. The van der Waals surface area contributed by atoms with E-state index >= 15 is 0 Å². The van der Waals surface area contributed by atoms with E-state index in [0.717, 1.165) is 12.8 Å². The molecular formula is C13H17NO. The third-order valence-electron chi connectivity index (χ3n) is 3.05. The van der Waals surface area contributed by atoms with Gasteiger partial charge in [0.1, 0.15) is 0 Å². The zero-order valence-corrected chi connectivity index (χ0v) is 8.96. The van der Waals surface area contributed by atoms with Crippen molar-refractivity contribution in [1.82, 2.24) is 0 Å².